The zero-order chi connectivity index (χ0) is 24.9. The van der Waals surface area contributed by atoms with Crippen LogP contribution in [0, 0.1) is 5.41 Å². The lowest BCUT2D eigenvalue weighted by molar-refractivity contribution is -0.121. The lowest BCUT2D eigenvalue weighted by Crippen LogP contribution is -2.35. The standard InChI is InChI=1S/C28H32N4O3S/c29-25-8-5-21(31-28(33)27(20-11-16-36-18-20)32-12-1-2-13-32)17-24(25)26(30)19-3-6-22(7-4-19)35-23-9-14-34-15-10-23/h3-8,11,16-18,23,27,30H,1-2,9-10,12-15,29H2,(H,31,33). The summed E-state index contributed by atoms with van der Waals surface area (Å²) in [6.07, 6.45) is 4.15. The number of nitrogens with zero attached hydrogens (tertiary/aromatic N) is 1. The highest BCUT2D eigenvalue weighted by molar-refractivity contribution is 7.08. The van der Waals surface area contributed by atoms with Gasteiger partial charge in [0.05, 0.1) is 18.9 Å². The van der Waals surface area contributed by atoms with E-state index in [4.69, 9.17) is 20.6 Å². The summed E-state index contributed by atoms with van der Waals surface area (Å²) in [5, 5.41) is 15.9. The van der Waals surface area contributed by atoms with Crippen LogP contribution in [0.5, 0.6) is 5.75 Å². The molecule has 2 fully saturated rings. The molecule has 0 bridgehead atoms. The van der Waals surface area contributed by atoms with Gasteiger partial charge in [0.25, 0.3) is 0 Å². The Labute approximate surface area is 215 Å². The van der Waals surface area contributed by atoms with Gasteiger partial charge in [0.2, 0.25) is 5.91 Å². The quantitative estimate of drug-likeness (QED) is 0.293. The van der Waals surface area contributed by atoms with E-state index in [0.717, 1.165) is 68.9 Å². The van der Waals surface area contributed by atoms with Crippen molar-refractivity contribution in [1.29, 1.82) is 5.41 Å². The highest BCUT2D eigenvalue weighted by atomic mass is 32.1. The zero-order valence-corrected chi connectivity index (χ0v) is 21.1. The Hall–Kier alpha value is -3.20. The van der Waals surface area contributed by atoms with Gasteiger partial charge in [-0.15, -0.1) is 0 Å². The Morgan fingerprint density at radius 2 is 1.86 bits per heavy atom. The monoisotopic (exact) mass is 504 g/mol. The Morgan fingerprint density at radius 3 is 2.56 bits per heavy atom. The predicted octanol–water partition coefficient (Wildman–Crippen LogP) is 5.08. The molecule has 1 atom stereocenters. The van der Waals surface area contributed by atoms with Gasteiger partial charge in [0.15, 0.2) is 0 Å². The molecular weight excluding hydrogens is 472 g/mol. The largest absolute Gasteiger partial charge is 0.490 e. The first-order chi connectivity index (χ1) is 17.6. The molecule has 7 nitrogen and oxygen atoms in total. The predicted molar refractivity (Wildman–Crippen MR) is 144 cm³/mol. The first-order valence-electron chi connectivity index (χ1n) is 12.5. The molecule has 5 rings (SSSR count). The van der Waals surface area contributed by atoms with E-state index in [0.29, 0.717) is 22.6 Å². The summed E-state index contributed by atoms with van der Waals surface area (Å²) in [7, 11) is 0. The van der Waals surface area contributed by atoms with Crippen LogP contribution in [0.4, 0.5) is 11.4 Å². The number of anilines is 2. The molecule has 4 N–H and O–H groups in total. The van der Waals surface area contributed by atoms with Crippen LogP contribution in [-0.4, -0.2) is 48.9 Å². The van der Waals surface area contributed by atoms with Gasteiger partial charge in [-0.1, -0.05) is 0 Å². The second-order valence-electron chi connectivity index (χ2n) is 9.32. The van der Waals surface area contributed by atoms with Gasteiger partial charge < -0.3 is 20.5 Å². The van der Waals surface area contributed by atoms with Crippen molar-refractivity contribution < 1.29 is 14.3 Å². The summed E-state index contributed by atoms with van der Waals surface area (Å²) < 4.78 is 11.4. The molecule has 2 saturated heterocycles. The van der Waals surface area contributed by atoms with Crippen LogP contribution in [0.15, 0.2) is 59.3 Å². The summed E-state index contributed by atoms with van der Waals surface area (Å²) >= 11 is 1.60. The topological polar surface area (TPSA) is 101 Å². The Kier molecular flexibility index (Phi) is 7.65. The molecular formula is C28H32N4O3S. The number of nitrogens with two attached hydrogens (primary N) is 1. The van der Waals surface area contributed by atoms with E-state index < -0.39 is 0 Å². The smallest absolute Gasteiger partial charge is 0.246 e. The molecule has 0 spiro atoms. The fourth-order valence-corrected chi connectivity index (χ4v) is 5.54. The number of hydrogen-bond donors (Lipinski definition) is 3. The summed E-state index contributed by atoms with van der Waals surface area (Å²) in [5.41, 5.74) is 10.0. The van der Waals surface area contributed by atoms with Gasteiger partial charge in [0, 0.05) is 35.3 Å². The molecule has 2 aliphatic rings. The molecule has 3 aromatic rings. The highest BCUT2D eigenvalue weighted by Crippen LogP contribution is 2.29. The van der Waals surface area contributed by atoms with Crippen molar-refractivity contribution in [3.8, 4) is 5.75 Å². The van der Waals surface area contributed by atoms with E-state index in [9.17, 15) is 4.79 Å². The third-order valence-electron chi connectivity index (χ3n) is 6.82. The molecule has 3 heterocycles. The summed E-state index contributed by atoms with van der Waals surface area (Å²) in [5.74, 6) is 0.723. The number of carbonyl (C=O) groups is 1. The number of likely N-dealkylation sites (tertiary alicyclic amines) is 1. The van der Waals surface area contributed by atoms with Gasteiger partial charge in [-0.05, 0) is 90.8 Å². The number of amides is 1. The number of hydrogen-bond acceptors (Lipinski definition) is 7. The first-order valence-corrected chi connectivity index (χ1v) is 13.4. The summed E-state index contributed by atoms with van der Waals surface area (Å²) in [6.45, 7) is 3.29. The lowest BCUT2D eigenvalue weighted by atomic mass is 10.00. The normalized spacial score (nSPS) is 17.6. The minimum atomic E-state index is -0.317. The van der Waals surface area contributed by atoms with Gasteiger partial charge >= 0.3 is 0 Å². The van der Waals surface area contributed by atoms with Crippen LogP contribution in [0.2, 0.25) is 0 Å². The van der Waals surface area contributed by atoms with Crippen molar-refractivity contribution >= 4 is 34.3 Å². The number of rotatable bonds is 8. The van der Waals surface area contributed by atoms with E-state index in [2.05, 4.69) is 10.2 Å². The Morgan fingerprint density at radius 1 is 1.11 bits per heavy atom. The Bertz CT molecular complexity index is 1180. The van der Waals surface area contributed by atoms with E-state index in [-0.39, 0.29) is 18.1 Å². The van der Waals surface area contributed by atoms with E-state index in [1.165, 1.54) is 0 Å². The Balaban J connectivity index is 1.30. The van der Waals surface area contributed by atoms with Crippen molar-refractivity contribution in [2.45, 2.75) is 37.8 Å². The van der Waals surface area contributed by atoms with Crippen LogP contribution in [-0.2, 0) is 9.53 Å². The van der Waals surface area contributed by atoms with Gasteiger partial charge in [0.1, 0.15) is 17.9 Å². The molecule has 188 valence electrons. The summed E-state index contributed by atoms with van der Waals surface area (Å²) in [4.78, 5) is 15.6. The van der Waals surface area contributed by atoms with Crippen molar-refractivity contribution in [3.63, 3.8) is 0 Å². The fraction of sp³-hybridized carbons (Fsp3) is 0.357. The average molecular weight is 505 g/mol. The van der Waals surface area contributed by atoms with Gasteiger partial charge in [-0.2, -0.15) is 11.3 Å². The maximum atomic E-state index is 13.4. The molecule has 0 aliphatic carbocycles. The van der Waals surface area contributed by atoms with Crippen LogP contribution < -0.4 is 15.8 Å². The molecule has 1 unspecified atom stereocenters. The number of thiophene rings is 1. The van der Waals surface area contributed by atoms with Crippen LogP contribution in [0.25, 0.3) is 0 Å². The van der Waals surface area contributed by atoms with Crippen molar-refractivity contribution in [3.05, 3.63) is 76.0 Å². The molecule has 2 aromatic carbocycles. The molecule has 8 heteroatoms. The van der Waals surface area contributed by atoms with E-state index in [1.54, 1.807) is 29.5 Å². The molecule has 0 saturated carbocycles. The number of carbonyl (C=O) groups excluding carboxylic acids is 1. The number of ether oxygens (including phenoxy) is 2. The van der Waals surface area contributed by atoms with Crippen LogP contribution in [0.1, 0.15) is 48.4 Å². The molecule has 1 amide bonds. The average Bonchev–Trinajstić information content (AvgIpc) is 3.62. The second kappa shape index (κ2) is 11.2. The van der Waals surface area contributed by atoms with E-state index >= 15 is 0 Å². The number of nitrogen functional groups attached to an aromatic ring is 1. The fourth-order valence-electron chi connectivity index (χ4n) is 4.86. The van der Waals surface area contributed by atoms with Crippen molar-refractivity contribution in [2.24, 2.45) is 0 Å². The SMILES string of the molecule is N=C(c1ccc(OC2CCOCC2)cc1)c1cc(NC(=O)C(c2ccsc2)N2CCCC2)ccc1N. The molecule has 36 heavy (non-hydrogen) atoms. The van der Waals surface area contributed by atoms with Gasteiger partial charge in [-0.25, -0.2) is 0 Å². The molecule has 2 aliphatic heterocycles. The second-order valence-corrected chi connectivity index (χ2v) is 10.1. The van der Waals surface area contributed by atoms with Crippen molar-refractivity contribution in [2.75, 3.05) is 37.4 Å². The third-order valence-corrected chi connectivity index (χ3v) is 7.52. The first kappa shape index (κ1) is 24.5. The highest BCUT2D eigenvalue weighted by Gasteiger charge is 2.30. The molecule has 0 radical (unpaired) electrons. The van der Waals surface area contributed by atoms with Crippen LogP contribution >= 0.6 is 11.3 Å². The minimum absolute atomic E-state index is 0.0628. The zero-order valence-electron chi connectivity index (χ0n) is 20.2. The maximum Gasteiger partial charge on any atom is 0.246 e. The molecule has 1 aromatic heterocycles. The summed E-state index contributed by atoms with van der Waals surface area (Å²) in [6, 6.07) is 14.6. The van der Waals surface area contributed by atoms with Crippen molar-refractivity contribution in [1.82, 2.24) is 4.90 Å². The number of benzene rings is 2. The van der Waals surface area contributed by atoms with Crippen LogP contribution in [0.3, 0.4) is 0 Å². The van der Waals surface area contributed by atoms with Gasteiger partial charge in [-0.3, -0.25) is 15.1 Å². The maximum absolute atomic E-state index is 13.4. The van der Waals surface area contributed by atoms with E-state index in [1.807, 2.05) is 41.1 Å². The lowest BCUT2D eigenvalue weighted by Gasteiger charge is -2.26. The number of nitrogens with one attached hydrogen (secondary N) is 2. The third kappa shape index (κ3) is 5.61. The minimum Gasteiger partial charge on any atom is -0.490 e.